The number of rotatable bonds is 8. The van der Waals surface area contributed by atoms with Gasteiger partial charge in [-0.15, -0.1) is 11.3 Å². The number of carbonyl (C=O) groups is 1. The third-order valence-electron chi connectivity index (χ3n) is 5.88. The third kappa shape index (κ3) is 6.26. The van der Waals surface area contributed by atoms with Crippen molar-refractivity contribution in [3.63, 3.8) is 0 Å². The zero-order valence-corrected chi connectivity index (χ0v) is 22.5. The van der Waals surface area contributed by atoms with Crippen molar-refractivity contribution in [2.75, 3.05) is 6.54 Å². The van der Waals surface area contributed by atoms with Crippen LogP contribution < -0.4 is 10.1 Å². The Bertz CT molecular complexity index is 1430. The predicted molar refractivity (Wildman–Crippen MR) is 135 cm³/mol. The Morgan fingerprint density at radius 3 is 2.45 bits per heavy atom. The largest absolute Gasteiger partial charge is 0.487 e. The van der Waals surface area contributed by atoms with Gasteiger partial charge in [0.1, 0.15) is 28.4 Å². The molecule has 0 radical (unpaired) electrons. The Morgan fingerprint density at radius 2 is 1.82 bits per heavy atom. The van der Waals surface area contributed by atoms with Crippen LogP contribution in [-0.2, 0) is 34.1 Å². The van der Waals surface area contributed by atoms with Gasteiger partial charge in [-0.3, -0.25) is 4.79 Å². The average molecular weight is 611 g/mol. The van der Waals surface area contributed by atoms with E-state index in [1.807, 2.05) is 0 Å². The molecule has 2 aromatic carbocycles. The van der Waals surface area contributed by atoms with E-state index in [2.05, 4.69) is 5.32 Å². The van der Waals surface area contributed by atoms with Crippen molar-refractivity contribution in [2.24, 2.45) is 0 Å². The Morgan fingerprint density at radius 1 is 1.11 bits per heavy atom. The van der Waals surface area contributed by atoms with Crippen LogP contribution in [0.15, 0.2) is 52.7 Å². The third-order valence-corrected chi connectivity index (χ3v) is 9.90. The van der Waals surface area contributed by atoms with Gasteiger partial charge in [-0.2, -0.15) is 17.5 Å². The van der Waals surface area contributed by atoms with Crippen molar-refractivity contribution in [1.82, 2.24) is 9.62 Å². The number of thiophene rings is 1. The van der Waals surface area contributed by atoms with Crippen molar-refractivity contribution in [3.05, 3.63) is 80.4 Å². The normalized spacial score (nSPS) is 16.5. The molecule has 1 amide bonds. The summed E-state index contributed by atoms with van der Waals surface area (Å²) in [5.74, 6) is -1.27. The highest BCUT2D eigenvalue weighted by atomic mass is 35.5. The summed E-state index contributed by atoms with van der Waals surface area (Å²) in [6.07, 6.45) is -3.70. The first-order valence-corrected chi connectivity index (χ1v) is 14.2. The summed E-state index contributed by atoms with van der Waals surface area (Å²) in [6, 6.07) is 8.56. The summed E-state index contributed by atoms with van der Waals surface area (Å²) in [7, 11) is -3.94. The van der Waals surface area contributed by atoms with Crippen LogP contribution >= 0.6 is 34.5 Å². The summed E-state index contributed by atoms with van der Waals surface area (Å²) in [5, 5.41) is 2.42. The molecule has 6 nitrogen and oxygen atoms in total. The molecule has 1 aromatic heterocycles. The maximum atomic E-state index is 14.6. The fraction of sp³-hybridized carbons (Fsp3) is 0.292. The quantitative estimate of drug-likeness (QED) is 0.305. The smallest absolute Gasteiger partial charge is 0.416 e. The molecule has 14 heteroatoms. The number of alkyl halides is 3. The van der Waals surface area contributed by atoms with Gasteiger partial charge in [-0.1, -0.05) is 35.3 Å². The highest BCUT2D eigenvalue weighted by Crippen LogP contribution is 2.34. The van der Waals surface area contributed by atoms with Gasteiger partial charge >= 0.3 is 6.18 Å². The molecular weight excluding hydrogens is 591 g/mol. The van der Waals surface area contributed by atoms with E-state index in [9.17, 15) is 30.8 Å². The fourth-order valence-electron chi connectivity index (χ4n) is 3.94. The van der Waals surface area contributed by atoms with Crippen LogP contribution in [-0.4, -0.2) is 31.2 Å². The van der Waals surface area contributed by atoms with Crippen molar-refractivity contribution < 1.29 is 35.5 Å². The Kier molecular flexibility index (Phi) is 8.58. The lowest BCUT2D eigenvalue weighted by Gasteiger charge is -2.23. The first kappa shape index (κ1) is 28.6. The molecule has 204 valence electrons. The van der Waals surface area contributed by atoms with E-state index >= 15 is 0 Å². The van der Waals surface area contributed by atoms with Gasteiger partial charge in [0.05, 0.1) is 14.9 Å². The fourth-order valence-corrected chi connectivity index (χ4v) is 7.48. The minimum atomic E-state index is -4.46. The van der Waals surface area contributed by atoms with Gasteiger partial charge in [0, 0.05) is 18.7 Å². The molecule has 1 atom stereocenters. The maximum absolute atomic E-state index is 14.6. The average Bonchev–Trinajstić information content (AvgIpc) is 3.53. The number of carbonyl (C=O) groups excluding carboxylic acids is 1. The van der Waals surface area contributed by atoms with Crippen LogP contribution in [0.25, 0.3) is 0 Å². The van der Waals surface area contributed by atoms with Crippen LogP contribution in [0.4, 0.5) is 17.6 Å². The van der Waals surface area contributed by atoms with E-state index < -0.39 is 39.5 Å². The van der Waals surface area contributed by atoms with Gasteiger partial charge in [-0.25, -0.2) is 12.8 Å². The zero-order valence-electron chi connectivity index (χ0n) is 19.4. The molecule has 38 heavy (non-hydrogen) atoms. The van der Waals surface area contributed by atoms with Gasteiger partial charge in [0.2, 0.25) is 5.91 Å². The minimum Gasteiger partial charge on any atom is -0.487 e. The second-order valence-corrected chi connectivity index (χ2v) is 12.6. The van der Waals surface area contributed by atoms with E-state index in [0.29, 0.717) is 16.3 Å². The molecule has 0 aliphatic carbocycles. The molecule has 2 heterocycles. The van der Waals surface area contributed by atoms with Crippen LogP contribution in [0.3, 0.4) is 0 Å². The molecule has 1 aliphatic heterocycles. The number of nitrogens with one attached hydrogen (secondary N) is 1. The highest BCUT2D eigenvalue weighted by molar-refractivity contribution is 7.91. The zero-order chi connectivity index (χ0) is 27.7. The predicted octanol–water partition coefficient (Wildman–Crippen LogP) is 6.26. The molecule has 0 saturated carbocycles. The molecule has 0 spiro atoms. The summed E-state index contributed by atoms with van der Waals surface area (Å²) >= 11 is 13.1. The maximum Gasteiger partial charge on any atom is 0.416 e. The molecule has 1 saturated heterocycles. The van der Waals surface area contributed by atoms with Crippen LogP contribution in [0.1, 0.15) is 29.5 Å². The number of benzene rings is 2. The van der Waals surface area contributed by atoms with Crippen LogP contribution in [0.2, 0.25) is 9.36 Å². The van der Waals surface area contributed by atoms with Crippen molar-refractivity contribution in [2.45, 2.75) is 42.4 Å². The Labute approximate surface area is 230 Å². The lowest BCUT2D eigenvalue weighted by molar-refractivity contribution is -0.137. The molecule has 1 N–H and O–H groups in total. The lowest BCUT2D eigenvalue weighted by atomic mass is 10.1. The number of sulfonamides is 1. The number of halogens is 6. The van der Waals surface area contributed by atoms with Crippen molar-refractivity contribution in [1.29, 1.82) is 0 Å². The standard InChI is InChI=1S/C24H20Cl2F4N2O4S2/c25-20-9-10-21(37-20)38(34,35)32-11-1-2-18(32)23(33)31-12-16-17(27)7-8-19(22(16)26)36-13-14-3-5-15(6-4-14)24(28,29)30/h3-10,18H,1-2,11-13H2,(H,31,33)/t18-/m0/s1. The van der Waals surface area contributed by atoms with E-state index in [4.69, 9.17) is 27.9 Å². The van der Waals surface area contributed by atoms with E-state index in [1.165, 1.54) is 30.3 Å². The second kappa shape index (κ2) is 11.4. The highest BCUT2D eigenvalue weighted by Gasteiger charge is 2.40. The topological polar surface area (TPSA) is 75.7 Å². The first-order valence-electron chi connectivity index (χ1n) is 11.2. The lowest BCUT2D eigenvalue weighted by Crippen LogP contribution is -2.45. The Balaban J connectivity index is 1.42. The number of amides is 1. The monoisotopic (exact) mass is 610 g/mol. The molecule has 0 bridgehead atoms. The van der Waals surface area contributed by atoms with E-state index in [-0.39, 0.29) is 46.7 Å². The summed E-state index contributed by atoms with van der Waals surface area (Å²) in [4.78, 5) is 12.9. The molecule has 0 unspecified atom stereocenters. The SMILES string of the molecule is O=C(NCc1c(F)ccc(OCc2ccc(C(F)(F)F)cc2)c1Cl)[C@@H]1CCCN1S(=O)(=O)c1ccc(Cl)s1. The molecule has 1 aliphatic rings. The number of hydrogen-bond donors (Lipinski definition) is 1. The summed E-state index contributed by atoms with van der Waals surface area (Å²) < 4.78 is 85.8. The van der Waals surface area contributed by atoms with Crippen molar-refractivity contribution >= 4 is 50.5 Å². The molecular formula is C24H20Cl2F4N2O4S2. The van der Waals surface area contributed by atoms with Gasteiger partial charge in [-0.05, 0) is 54.8 Å². The number of ether oxygens (including phenoxy) is 1. The van der Waals surface area contributed by atoms with Crippen molar-refractivity contribution in [3.8, 4) is 5.75 Å². The summed E-state index contributed by atoms with van der Waals surface area (Å²) in [5.41, 5.74) is -0.447. The van der Waals surface area contributed by atoms with E-state index in [1.54, 1.807) is 0 Å². The van der Waals surface area contributed by atoms with E-state index in [0.717, 1.165) is 33.8 Å². The van der Waals surface area contributed by atoms with Crippen LogP contribution in [0.5, 0.6) is 5.75 Å². The van der Waals surface area contributed by atoms with Gasteiger partial charge in [0.15, 0.2) is 0 Å². The molecule has 1 fully saturated rings. The first-order chi connectivity index (χ1) is 17.9. The second-order valence-electron chi connectivity index (χ2n) is 8.37. The number of nitrogens with zero attached hydrogens (tertiary/aromatic N) is 1. The van der Waals surface area contributed by atoms with Crippen LogP contribution in [0, 0.1) is 5.82 Å². The minimum absolute atomic E-state index is 0.0224. The van der Waals surface area contributed by atoms with Gasteiger partial charge in [0.25, 0.3) is 10.0 Å². The molecule has 3 aromatic rings. The van der Waals surface area contributed by atoms with Gasteiger partial charge < -0.3 is 10.1 Å². The Hall–Kier alpha value is -2.38. The summed E-state index contributed by atoms with van der Waals surface area (Å²) in [6.45, 7) is -0.314. The molecule has 4 rings (SSSR count). The number of hydrogen-bond acceptors (Lipinski definition) is 5.